The van der Waals surface area contributed by atoms with Gasteiger partial charge in [-0.25, -0.2) is 4.98 Å². The summed E-state index contributed by atoms with van der Waals surface area (Å²) >= 11 is 3.34. The molecule has 1 amide bonds. The first-order valence-corrected chi connectivity index (χ1v) is 9.49. The van der Waals surface area contributed by atoms with Crippen LogP contribution < -0.4 is 15.5 Å². The smallest absolute Gasteiger partial charge is 0.253 e. The van der Waals surface area contributed by atoms with E-state index in [2.05, 4.69) is 41.5 Å². The van der Waals surface area contributed by atoms with Crippen LogP contribution >= 0.6 is 15.9 Å². The minimum absolute atomic E-state index is 0.0720. The largest absolute Gasteiger partial charge is 0.363 e. The number of aromatic nitrogens is 3. The first kappa shape index (κ1) is 18.6. The van der Waals surface area contributed by atoms with Crippen LogP contribution in [-0.4, -0.2) is 47.0 Å². The second kappa shape index (κ2) is 8.44. The Kier molecular flexibility index (Phi) is 6.03. The van der Waals surface area contributed by atoms with Crippen molar-refractivity contribution < 1.29 is 4.79 Å². The van der Waals surface area contributed by atoms with E-state index in [0.29, 0.717) is 17.6 Å². The van der Waals surface area contributed by atoms with Gasteiger partial charge in [-0.05, 0) is 53.7 Å². The molecule has 2 N–H and O–H groups in total. The average molecular weight is 419 g/mol. The van der Waals surface area contributed by atoms with Crippen LogP contribution in [0.15, 0.2) is 35.2 Å². The van der Waals surface area contributed by atoms with Gasteiger partial charge in [0.15, 0.2) is 0 Å². The van der Waals surface area contributed by atoms with Crippen molar-refractivity contribution in [1.29, 1.82) is 0 Å². The standard InChI is InChI=1S/C18H23BrN6O/c1-25(2)16-7-8-21-18(24-16)23-15-5-3-14(4-6-15)22-17(26)12-9-13(19)11-20-10-12/h7-11,14-15H,3-6H2,1-2H3,(H,22,26)(H,21,23,24). The number of pyridine rings is 1. The molecule has 1 aliphatic carbocycles. The Morgan fingerprint density at radius 3 is 2.62 bits per heavy atom. The topological polar surface area (TPSA) is 83.0 Å². The van der Waals surface area contributed by atoms with Crippen LogP contribution in [0.2, 0.25) is 0 Å². The number of hydrogen-bond donors (Lipinski definition) is 2. The van der Waals surface area contributed by atoms with E-state index in [-0.39, 0.29) is 11.9 Å². The molecule has 8 heteroatoms. The van der Waals surface area contributed by atoms with Crippen LogP contribution in [0.4, 0.5) is 11.8 Å². The maximum absolute atomic E-state index is 12.3. The third-order valence-corrected chi connectivity index (χ3v) is 4.90. The molecule has 0 atom stereocenters. The summed E-state index contributed by atoms with van der Waals surface area (Å²) in [6, 6.07) is 4.18. The molecule has 26 heavy (non-hydrogen) atoms. The van der Waals surface area contributed by atoms with Crippen molar-refractivity contribution in [2.75, 3.05) is 24.3 Å². The van der Waals surface area contributed by atoms with Crippen molar-refractivity contribution >= 4 is 33.6 Å². The summed E-state index contributed by atoms with van der Waals surface area (Å²) < 4.78 is 0.804. The highest BCUT2D eigenvalue weighted by atomic mass is 79.9. The summed E-state index contributed by atoms with van der Waals surface area (Å²) in [7, 11) is 3.92. The number of rotatable bonds is 5. The molecule has 2 aromatic heterocycles. The Balaban J connectivity index is 1.50. The van der Waals surface area contributed by atoms with Gasteiger partial charge in [-0.2, -0.15) is 4.98 Å². The summed E-state index contributed by atoms with van der Waals surface area (Å²) in [5, 5.41) is 6.52. The first-order chi connectivity index (χ1) is 12.5. The predicted octanol–water partition coefficient (Wildman–Crippen LogP) is 2.85. The fourth-order valence-corrected chi connectivity index (χ4v) is 3.40. The molecule has 1 fully saturated rings. The molecule has 2 heterocycles. The summed E-state index contributed by atoms with van der Waals surface area (Å²) in [6.07, 6.45) is 8.82. The van der Waals surface area contributed by atoms with Gasteiger partial charge < -0.3 is 15.5 Å². The molecule has 0 spiro atoms. The zero-order valence-electron chi connectivity index (χ0n) is 14.9. The van der Waals surface area contributed by atoms with Gasteiger partial charge >= 0.3 is 0 Å². The summed E-state index contributed by atoms with van der Waals surface area (Å²) in [4.78, 5) is 27.1. The lowest BCUT2D eigenvalue weighted by Crippen LogP contribution is -2.40. The normalized spacial score (nSPS) is 19.7. The molecule has 1 saturated carbocycles. The molecule has 0 bridgehead atoms. The third-order valence-electron chi connectivity index (χ3n) is 4.46. The SMILES string of the molecule is CN(C)c1ccnc(NC2CCC(NC(=O)c3cncc(Br)c3)CC2)n1. The highest BCUT2D eigenvalue weighted by Gasteiger charge is 2.23. The maximum Gasteiger partial charge on any atom is 0.253 e. The van der Waals surface area contributed by atoms with E-state index < -0.39 is 0 Å². The third kappa shape index (κ3) is 4.91. The van der Waals surface area contributed by atoms with E-state index in [1.54, 1.807) is 24.7 Å². The Morgan fingerprint density at radius 2 is 1.92 bits per heavy atom. The molecule has 0 unspecified atom stereocenters. The fourth-order valence-electron chi connectivity index (χ4n) is 3.04. The van der Waals surface area contributed by atoms with E-state index in [0.717, 1.165) is 36.0 Å². The number of carbonyl (C=O) groups is 1. The number of halogens is 1. The second-order valence-corrected chi connectivity index (χ2v) is 7.61. The van der Waals surface area contributed by atoms with Crippen molar-refractivity contribution in [3.8, 4) is 0 Å². The lowest BCUT2D eigenvalue weighted by molar-refractivity contribution is 0.0926. The predicted molar refractivity (Wildman–Crippen MR) is 105 cm³/mol. The average Bonchev–Trinajstić information content (AvgIpc) is 2.63. The summed E-state index contributed by atoms with van der Waals surface area (Å²) in [6.45, 7) is 0. The van der Waals surface area contributed by atoms with E-state index in [1.807, 2.05) is 25.1 Å². The lowest BCUT2D eigenvalue weighted by atomic mass is 9.91. The van der Waals surface area contributed by atoms with Crippen molar-refractivity contribution in [3.05, 3.63) is 40.8 Å². The van der Waals surface area contributed by atoms with Gasteiger partial charge in [-0.3, -0.25) is 9.78 Å². The van der Waals surface area contributed by atoms with Crippen molar-refractivity contribution in [1.82, 2.24) is 20.3 Å². The highest BCUT2D eigenvalue weighted by Crippen LogP contribution is 2.22. The zero-order valence-corrected chi connectivity index (χ0v) is 16.5. The van der Waals surface area contributed by atoms with Gasteiger partial charge in [0, 0.05) is 49.2 Å². The molecule has 1 aliphatic rings. The molecule has 0 radical (unpaired) electrons. The van der Waals surface area contributed by atoms with Crippen LogP contribution in [0.1, 0.15) is 36.0 Å². The number of carbonyl (C=O) groups excluding carboxylic acids is 1. The highest BCUT2D eigenvalue weighted by molar-refractivity contribution is 9.10. The van der Waals surface area contributed by atoms with Crippen molar-refractivity contribution in [3.63, 3.8) is 0 Å². The van der Waals surface area contributed by atoms with Gasteiger partial charge in [0.05, 0.1) is 5.56 Å². The fraction of sp³-hybridized carbons (Fsp3) is 0.444. The molecule has 2 aromatic rings. The van der Waals surface area contributed by atoms with Gasteiger partial charge in [0.25, 0.3) is 5.91 Å². The summed E-state index contributed by atoms with van der Waals surface area (Å²) in [5.41, 5.74) is 0.577. The molecular formula is C18H23BrN6O. The van der Waals surface area contributed by atoms with E-state index in [4.69, 9.17) is 0 Å². The minimum Gasteiger partial charge on any atom is -0.363 e. The Bertz CT molecular complexity index is 761. The van der Waals surface area contributed by atoms with Crippen molar-refractivity contribution in [2.24, 2.45) is 0 Å². The van der Waals surface area contributed by atoms with Crippen LogP contribution in [-0.2, 0) is 0 Å². The molecule has 0 aliphatic heterocycles. The van der Waals surface area contributed by atoms with Crippen LogP contribution in [0.5, 0.6) is 0 Å². The quantitative estimate of drug-likeness (QED) is 0.776. The molecule has 7 nitrogen and oxygen atoms in total. The molecule has 0 aromatic carbocycles. The lowest BCUT2D eigenvalue weighted by Gasteiger charge is -2.29. The zero-order chi connectivity index (χ0) is 18.5. The van der Waals surface area contributed by atoms with Crippen LogP contribution in [0.25, 0.3) is 0 Å². The monoisotopic (exact) mass is 418 g/mol. The van der Waals surface area contributed by atoms with Crippen molar-refractivity contribution in [2.45, 2.75) is 37.8 Å². The number of nitrogens with one attached hydrogen (secondary N) is 2. The van der Waals surface area contributed by atoms with E-state index in [1.165, 1.54) is 0 Å². The molecule has 138 valence electrons. The molecule has 0 saturated heterocycles. The van der Waals surface area contributed by atoms with Gasteiger partial charge in [0.2, 0.25) is 5.95 Å². The Labute approximate surface area is 161 Å². The molecule has 3 rings (SSSR count). The van der Waals surface area contributed by atoms with Gasteiger partial charge in [-0.15, -0.1) is 0 Å². The van der Waals surface area contributed by atoms with Gasteiger partial charge in [-0.1, -0.05) is 0 Å². The Hall–Kier alpha value is -2.22. The molecular weight excluding hydrogens is 396 g/mol. The second-order valence-electron chi connectivity index (χ2n) is 6.69. The van der Waals surface area contributed by atoms with Gasteiger partial charge in [0.1, 0.15) is 5.82 Å². The number of hydrogen-bond acceptors (Lipinski definition) is 6. The van der Waals surface area contributed by atoms with Crippen LogP contribution in [0.3, 0.4) is 0 Å². The van der Waals surface area contributed by atoms with E-state index in [9.17, 15) is 4.79 Å². The summed E-state index contributed by atoms with van der Waals surface area (Å²) in [5.74, 6) is 1.47. The number of amides is 1. The number of nitrogens with zero attached hydrogens (tertiary/aromatic N) is 4. The maximum atomic E-state index is 12.3. The minimum atomic E-state index is -0.0720. The number of anilines is 2. The Morgan fingerprint density at radius 1 is 1.19 bits per heavy atom. The van der Waals surface area contributed by atoms with Crippen LogP contribution in [0, 0.1) is 0 Å². The first-order valence-electron chi connectivity index (χ1n) is 8.69. The van der Waals surface area contributed by atoms with E-state index >= 15 is 0 Å².